The van der Waals surface area contributed by atoms with E-state index in [1.165, 1.54) is 12.1 Å². The van der Waals surface area contributed by atoms with Gasteiger partial charge in [-0.25, -0.2) is 9.18 Å². The van der Waals surface area contributed by atoms with Crippen LogP contribution >= 0.6 is 0 Å². The Morgan fingerprint density at radius 2 is 1.88 bits per heavy atom. The zero-order valence-corrected chi connectivity index (χ0v) is 9.66. The van der Waals surface area contributed by atoms with E-state index in [4.69, 9.17) is 4.74 Å². The smallest absolute Gasteiger partial charge is 0.338 e. The third kappa shape index (κ3) is 3.19. The van der Waals surface area contributed by atoms with Crippen molar-refractivity contribution in [2.45, 2.75) is 26.9 Å². The molecule has 16 heavy (non-hydrogen) atoms. The summed E-state index contributed by atoms with van der Waals surface area (Å²) in [6.45, 7) is 5.33. The molecule has 0 atom stereocenters. The first kappa shape index (κ1) is 12.4. The summed E-state index contributed by atoms with van der Waals surface area (Å²) in [6.07, 6.45) is 1.50. The van der Waals surface area contributed by atoms with Crippen LogP contribution in [-0.4, -0.2) is 12.1 Å². The molecule has 0 fully saturated rings. The van der Waals surface area contributed by atoms with Crippen LogP contribution in [0.2, 0.25) is 0 Å². The fourth-order valence-corrected chi connectivity index (χ4v) is 1.31. The van der Waals surface area contributed by atoms with Gasteiger partial charge in [-0.05, 0) is 38.5 Å². The maximum Gasteiger partial charge on any atom is 0.338 e. The Hall–Kier alpha value is -1.64. The maximum atomic E-state index is 12.7. The van der Waals surface area contributed by atoms with Crippen molar-refractivity contribution in [3.05, 3.63) is 41.7 Å². The van der Waals surface area contributed by atoms with Crippen LogP contribution in [0.5, 0.6) is 0 Å². The normalized spacial score (nSPS) is 11.7. The Morgan fingerprint density at radius 3 is 2.31 bits per heavy atom. The predicted octanol–water partition coefficient (Wildman–Crippen LogP) is 3.18. The van der Waals surface area contributed by atoms with Gasteiger partial charge in [0.05, 0.1) is 11.7 Å². The standard InChI is InChI=1S/C13H15FO2/c1-4-12(13(15)16-9(2)3)10-5-7-11(14)8-6-10/h4-9H,1-3H3/b12-4+. The van der Waals surface area contributed by atoms with E-state index >= 15 is 0 Å². The minimum absolute atomic E-state index is 0.164. The van der Waals surface area contributed by atoms with E-state index in [9.17, 15) is 9.18 Å². The highest BCUT2D eigenvalue weighted by molar-refractivity contribution is 6.16. The number of hydrogen-bond acceptors (Lipinski definition) is 2. The molecule has 0 amide bonds. The van der Waals surface area contributed by atoms with Crippen LogP contribution in [0.1, 0.15) is 26.3 Å². The summed E-state index contributed by atoms with van der Waals surface area (Å²) < 4.78 is 17.8. The van der Waals surface area contributed by atoms with Crippen LogP contribution < -0.4 is 0 Å². The van der Waals surface area contributed by atoms with E-state index in [0.29, 0.717) is 11.1 Å². The van der Waals surface area contributed by atoms with Crippen molar-refractivity contribution in [1.29, 1.82) is 0 Å². The molecule has 86 valence electrons. The second-order valence-electron chi connectivity index (χ2n) is 3.66. The maximum absolute atomic E-state index is 12.7. The van der Waals surface area contributed by atoms with Gasteiger partial charge in [-0.15, -0.1) is 0 Å². The van der Waals surface area contributed by atoms with Crippen LogP contribution in [0, 0.1) is 5.82 Å². The van der Waals surface area contributed by atoms with E-state index in [-0.39, 0.29) is 17.9 Å². The minimum atomic E-state index is -0.385. The Labute approximate surface area is 94.7 Å². The first-order valence-electron chi connectivity index (χ1n) is 5.18. The first-order valence-corrected chi connectivity index (χ1v) is 5.18. The Morgan fingerprint density at radius 1 is 1.31 bits per heavy atom. The molecule has 0 N–H and O–H groups in total. The molecule has 0 radical (unpaired) electrons. The highest BCUT2D eigenvalue weighted by Crippen LogP contribution is 2.17. The molecule has 0 aliphatic carbocycles. The summed E-state index contributed by atoms with van der Waals surface area (Å²) in [7, 11) is 0. The van der Waals surface area contributed by atoms with Crippen LogP contribution in [-0.2, 0) is 9.53 Å². The first-order chi connectivity index (χ1) is 7.54. The number of hydrogen-bond donors (Lipinski definition) is 0. The monoisotopic (exact) mass is 222 g/mol. The zero-order valence-electron chi connectivity index (χ0n) is 9.66. The molecular weight excluding hydrogens is 207 g/mol. The molecule has 1 aromatic carbocycles. The second-order valence-corrected chi connectivity index (χ2v) is 3.66. The van der Waals surface area contributed by atoms with Gasteiger partial charge in [0.1, 0.15) is 5.82 Å². The Balaban J connectivity index is 2.91. The molecule has 3 heteroatoms. The van der Waals surface area contributed by atoms with Gasteiger partial charge in [0.2, 0.25) is 0 Å². The molecule has 0 spiro atoms. The minimum Gasteiger partial charge on any atom is -0.459 e. The second kappa shape index (κ2) is 5.45. The number of rotatable bonds is 3. The quantitative estimate of drug-likeness (QED) is 0.580. The topological polar surface area (TPSA) is 26.3 Å². The predicted molar refractivity (Wildman–Crippen MR) is 61.3 cm³/mol. The summed E-state index contributed by atoms with van der Waals surface area (Å²) >= 11 is 0. The average Bonchev–Trinajstić information content (AvgIpc) is 2.21. The third-order valence-electron chi connectivity index (χ3n) is 2.01. The van der Waals surface area contributed by atoms with Crippen LogP contribution in [0.4, 0.5) is 4.39 Å². The molecule has 1 aromatic rings. The number of esters is 1. The number of ether oxygens (including phenoxy) is 1. The summed E-state index contributed by atoms with van der Waals surface area (Å²) in [5.41, 5.74) is 1.11. The van der Waals surface area contributed by atoms with Gasteiger partial charge in [0, 0.05) is 0 Å². The molecule has 1 rings (SSSR count). The zero-order chi connectivity index (χ0) is 12.1. The van der Waals surface area contributed by atoms with Gasteiger partial charge in [-0.2, -0.15) is 0 Å². The number of benzene rings is 1. The summed E-state index contributed by atoms with van der Waals surface area (Å²) in [4.78, 5) is 11.7. The van der Waals surface area contributed by atoms with E-state index < -0.39 is 0 Å². The molecule has 0 unspecified atom stereocenters. The highest BCUT2D eigenvalue weighted by atomic mass is 19.1. The highest BCUT2D eigenvalue weighted by Gasteiger charge is 2.13. The van der Waals surface area contributed by atoms with Crippen molar-refractivity contribution < 1.29 is 13.9 Å². The molecule has 0 bridgehead atoms. The lowest BCUT2D eigenvalue weighted by molar-refractivity contribution is -0.140. The average molecular weight is 222 g/mol. The van der Waals surface area contributed by atoms with Gasteiger partial charge in [-0.3, -0.25) is 0 Å². The molecule has 0 saturated heterocycles. The van der Waals surface area contributed by atoms with Crippen LogP contribution in [0.15, 0.2) is 30.3 Å². The molecule has 0 saturated carbocycles. The molecule has 0 aromatic heterocycles. The summed E-state index contributed by atoms with van der Waals surface area (Å²) in [5, 5.41) is 0. The van der Waals surface area contributed by atoms with Gasteiger partial charge in [-0.1, -0.05) is 18.2 Å². The number of carbonyl (C=O) groups is 1. The van der Waals surface area contributed by atoms with Gasteiger partial charge < -0.3 is 4.74 Å². The van der Waals surface area contributed by atoms with Gasteiger partial charge in [0.25, 0.3) is 0 Å². The van der Waals surface area contributed by atoms with E-state index in [1.54, 1.807) is 39.0 Å². The third-order valence-corrected chi connectivity index (χ3v) is 2.01. The largest absolute Gasteiger partial charge is 0.459 e. The van der Waals surface area contributed by atoms with Crippen molar-refractivity contribution in [3.63, 3.8) is 0 Å². The summed E-state index contributed by atoms with van der Waals surface area (Å²) in [6, 6.07) is 5.77. The van der Waals surface area contributed by atoms with Crippen molar-refractivity contribution in [3.8, 4) is 0 Å². The van der Waals surface area contributed by atoms with Crippen LogP contribution in [0.25, 0.3) is 5.57 Å². The lowest BCUT2D eigenvalue weighted by Crippen LogP contribution is -2.12. The molecule has 0 aliphatic heterocycles. The fraction of sp³-hybridized carbons (Fsp3) is 0.308. The molecular formula is C13H15FO2. The molecule has 2 nitrogen and oxygen atoms in total. The fourth-order valence-electron chi connectivity index (χ4n) is 1.31. The van der Waals surface area contributed by atoms with Crippen molar-refractivity contribution in [2.75, 3.05) is 0 Å². The van der Waals surface area contributed by atoms with E-state index in [0.717, 1.165) is 0 Å². The van der Waals surface area contributed by atoms with Crippen molar-refractivity contribution in [1.82, 2.24) is 0 Å². The lowest BCUT2D eigenvalue weighted by Gasteiger charge is -2.10. The van der Waals surface area contributed by atoms with Crippen LogP contribution in [0.3, 0.4) is 0 Å². The van der Waals surface area contributed by atoms with E-state index in [1.807, 2.05) is 0 Å². The number of carbonyl (C=O) groups excluding carboxylic acids is 1. The Kier molecular flexibility index (Phi) is 4.23. The van der Waals surface area contributed by atoms with E-state index in [2.05, 4.69) is 0 Å². The number of allylic oxidation sites excluding steroid dienone is 1. The van der Waals surface area contributed by atoms with Crippen molar-refractivity contribution >= 4 is 11.5 Å². The SMILES string of the molecule is C/C=C(/C(=O)OC(C)C)c1ccc(F)cc1. The molecule has 0 aliphatic rings. The summed E-state index contributed by atoms with van der Waals surface area (Å²) in [5.74, 6) is -0.708. The van der Waals surface area contributed by atoms with Gasteiger partial charge >= 0.3 is 5.97 Å². The Bertz CT molecular complexity index is 391. The number of halogens is 1. The molecule has 0 heterocycles. The van der Waals surface area contributed by atoms with Gasteiger partial charge in [0.15, 0.2) is 0 Å². The van der Waals surface area contributed by atoms with Crippen molar-refractivity contribution in [2.24, 2.45) is 0 Å². The lowest BCUT2D eigenvalue weighted by atomic mass is 10.1.